The van der Waals surface area contributed by atoms with Gasteiger partial charge < -0.3 is 10.4 Å². The predicted molar refractivity (Wildman–Crippen MR) is 59.3 cm³/mol. The third kappa shape index (κ3) is 4.91. The van der Waals surface area contributed by atoms with Gasteiger partial charge in [-0.05, 0) is 37.1 Å². The second-order valence-corrected chi connectivity index (χ2v) is 3.64. The molecule has 1 unspecified atom stereocenters. The van der Waals surface area contributed by atoms with Gasteiger partial charge in [0, 0.05) is 6.54 Å². The summed E-state index contributed by atoms with van der Waals surface area (Å²) in [6.45, 7) is 3.38. The van der Waals surface area contributed by atoms with E-state index >= 15 is 0 Å². The van der Waals surface area contributed by atoms with Crippen LogP contribution in [0.25, 0.3) is 0 Å². The van der Waals surface area contributed by atoms with E-state index in [1.165, 1.54) is 12.1 Å². The number of hydrogen-bond donors (Lipinski definition) is 2. The van der Waals surface area contributed by atoms with E-state index in [0.717, 1.165) is 24.9 Å². The molecule has 0 aliphatic rings. The second kappa shape index (κ2) is 6.53. The zero-order valence-electron chi connectivity index (χ0n) is 9.04. The molecule has 0 saturated heterocycles. The van der Waals surface area contributed by atoms with Crippen molar-refractivity contribution in [1.82, 2.24) is 5.32 Å². The van der Waals surface area contributed by atoms with Crippen LogP contribution in [0, 0.1) is 5.82 Å². The molecule has 1 aromatic rings. The van der Waals surface area contributed by atoms with Gasteiger partial charge in [-0.1, -0.05) is 19.1 Å². The Labute approximate surface area is 90.1 Å². The van der Waals surface area contributed by atoms with Crippen LogP contribution in [0.15, 0.2) is 24.3 Å². The van der Waals surface area contributed by atoms with Crippen molar-refractivity contribution in [3.63, 3.8) is 0 Å². The quantitative estimate of drug-likeness (QED) is 0.702. The maximum absolute atomic E-state index is 12.6. The maximum Gasteiger partial charge on any atom is 0.123 e. The molecule has 0 heterocycles. The van der Waals surface area contributed by atoms with E-state index in [9.17, 15) is 9.50 Å². The molecule has 1 aromatic carbocycles. The maximum atomic E-state index is 12.6. The molecule has 1 atom stereocenters. The Hall–Kier alpha value is -0.930. The number of halogens is 1. The SMILES string of the molecule is CCC(O)CNCCc1ccc(F)cc1. The molecule has 1 rings (SSSR count). The number of aliphatic hydroxyl groups excluding tert-OH is 1. The lowest BCUT2D eigenvalue weighted by Gasteiger charge is -2.09. The fourth-order valence-electron chi connectivity index (χ4n) is 1.30. The van der Waals surface area contributed by atoms with Crippen molar-refractivity contribution >= 4 is 0 Å². The van der Waals surface area contributed by atoms with E-state index in [2.05, 4.69) is 5.32 Å². The highest BCUT2D eigenvalue weighted by atomic mass is 19.1. The third-order valence-electron chi connectivity index (χ3n) is 2.35. The molecule has 0 aromatic heterocycles. The number of nitrogens with one attached hydrogen (secondary N) is 1. The summed E-state index contributed by atoms with van der Waals surface area (Å²) in [6, 6.07) is 6.51. The van der Waals surface area contributed by atoms with Crippen molar-refractivity contribution in [2.24, 2.45) is 0 Å². The number of rotatable bonds is 6. The van der Waals surface area contributed by atoms with Crippen molar-refractivity contribution in [2.75, 3.05) is 13.1 Å². The first-order chi connectivity index (χ1) is 7.22. The lowest BCUT2D eigenvalue weighted by Crippen LogP contribution is -2.27. The van der Waals surface area contributed by atoms with Crippen molar-refractivity contribution in [3.8, 4) is 0 Å². The van der Waals surface area contributed by atoms with E-state index in [4.69, 9.17) is 0 Å². The molecule has 0 bridgehead atoms. The van der Waals surface area contributed by atoms with E-state index in [0.29, 0.717) is 6.54 Å². The van der Waals surface area contributed by atoms with Crippen LogP contribution in [0.1, 0.15) is 18.9 Å². The molecule has 0 aliphatic heterocycles. The minimum atomic E-state index is -0.266. The molecule has 0 spiro atoms. The summed E-state index contributed by atoms with van der Waals surface area (Å²) in [5, 5.41) is 12.4. The Bertz CT molecular complexity index is 273. The normalized spacial score (nSPS) is 12.7. The minimum absolute atomic E-state index is 0.201. The minimum Gasteiger partial charge on any atom is -0.392 e. The van der Waals surface area contributed by atoms with Gasteiger partial charge in [0.1, 0.15) is 5.82 Å². The van der Waals surface area contributed by atoms with Crippen LogP contribution in [0.5, 0.6) is 0 Å². The molecule has 84 valence electrons. The van der Waals surface area contributed by atoms with Gasteiger partial charge in [-0.25, -0.2) is 4.39 Å². The average molecular weight is 211 g/mol. The lowest BCUT2D eigenvalue weighted by molar-refractivity contribution is 0.168. The summed E-state index contributed by atoms with van der Waals surface area (Å²) in [5.74, 6) is -0.201. The highest BCUT2D eigenvalue weighted by Gasteiger charge is 1.99. The van der Waals surface area contributed by atoms with Gasteiger partial charge >= 0.3 is 0 Å². The smallest absolute Gasteiger partial charge is 0.123 e. The number of hydrogen-bond acceptors (Lipinski definition) is 2. The predicted octanol–water partition coefficient (Wildman–Crippen LogP) is 1.73. The monoisotopic (exact) mass is 211 g/mol. The molecule has 2 nitrogen and oxygen atoms in total. The molecule has 0 fully saturated rings. The van der Waals surface area contributed by atoms with E-state index in [-0.39, 0.29) is 11.9 Å². The highest BCUT2D eigenvalue weighted by molar-refractivity contribution is 5.16. The molecular formula is C12H18FNO. The van der Waals surface area contributed by atoms with Crippen molar-refractivity contribution < 1.29 is 9.50 Å². The molecule has 2 N–H and O–H groups in total. The first-order valence-corrected chi connectivity index (χ1v) is 5.35. The van der Waals surface area contributed by atoms with Gasteiger partial charge in [0.05, 0.1) is 6.10 Å². The van der Waals surface area contributed by atoms with Crippen LogP contribution in [0.3, 0.4) is 0 Å². The van der Waals surface area contributed by atoms with Crippen molar-refractivity contribution in [1.29, 1.82) is 0 Å². The largest absolute Gasteiger partial charge is 0.392 e. The zero-order chi connectivity index (χ0) is 11.1. The lowest BCUT2D eigenvalue weighted by atomic mass is 10.1. The number of benzene rings is 1. The van der Waals surface area contributed by atoms with Crippen LogP contribution in [-0.2, 0) is 6.42 Å². The summed E-state index contributed by atoms with van der Waals surface area (Å²) in [5.41, 5.74) is 1.11. The Morgan fingerprint density at radius 2 is 2.00 bits per heavy atom. The Balaban J connectivity index is 2.17. The van der Waals surface area contributed by atoms with Crippen molar-refractivity contribution in [3.05, 3.63) is 35.6 Å². The molecule has 3 heteroatoms. The van der Waals surface area contributed by atoms with Gasteiger partial charge in [0.25, 0.3) is 0 Å². The summed E-state index contributed by atoms with van der Waals surface area (Å²) >= 11 is 0. The molecule has 15 heavy (non-hydrogen) atoms. The highest BCUT2D eigenvalue weighted by Crippen LogP contribution is 2.02. The number of aliphatic hydroxyl groups is 1. The third-order valence-corrected chi connectivity index (χ3v) is 2.35. The first kappa shape index (κ1) is 12.1. The molecular weight excluding hydrogens is 193 g/mol. The standard InChI is InChI=1S/C12H18FNO/c1-2-12(15)9-14-8-7-10-3-5-11(13)6-4-10/h3-6,12,14-15H,2,7-9H2,1H3. The molecule has 0 saturated carbocycles. The summed E-state index contributed by atoms with van der Waals surface area (Å²) < 4.78 is 12.6. The second-order valence-electron chi connectivity index (χ2n) is 3.64. The van der Waals surface area contributed by atoms with E-state index < -0.39 is 0 Å². The Morgan fingerprint density at radius 1 is 1.33 bits per heavy atom. The van der Waals surface area contributed by atoms with E-state index in [1.54, 1.807) is 12.1 Å². The van der Waals surface area contributed by atoms with Gasteiger partial charge in [-0.3, -0.25) is 0 Å². The molecule has 0 radical (unpaired) electrons. The zero-order valence-corrected chi connectivity index (χ0v) is 9.04. The van der Waals surface area contributed by atoms with Gasteiger partial charge in [0.2, 0.25) is 0 Å². The Morgan fingerprint density at radius 3 is 2.60 bits per heavy atom. The van der Waals surface area contributed by atoms with Crippen LogP contribution in [-0.4, -0.2) is 24.3 Å². The van der Waals surface area contributed by atoms with Gasteiger partial charge in [-0.15, -0.1) is 0 Å². The fraction of sp³-hybridized carbons (Fsp3) is 0.500. The first-order valence-electron chi connectivity index (χ1n) is 5.35. The van der Waals surface area contributed by atoms with Gasteiger partial charge in [0.15, 0.2) is 0 Å². The fourth-order valence-corrected chi connectivity index (χ4v) is 1.30. The van der Waals surface area contributed by atoms with Crippen LogP contribution < -0.4 is 5.32 Å². The topological polar surface area (TPSA) is 32.3 Å². The van der Waals surface area contributed by atoms with Gasteiger partial charge in [-0.2, -0.15) is 0 Å². The van der Waals surface area contributed by atoms with E-state index in [1.807, 2.05) is 6.92 Å². The molecule has 0 aliphatic carbocycles. The summed E-state index contributed by atoms with van der Waals surface area (Å²) in [4.78, 5) is 0. The average Bonchev–Trinajstić information content (AvgIpc) is 2.26. The van der Waals surface area contributed by atoms with Crippen LogP contribution in [0.4, 0.5) is 4.39 Å². The summed E-state index contributed by atoms with van der Waals surface area (Å²) in [6.07, 6.45) is 1.36. The van der Waals surface area contributed by atoms with Crippen molar-refractivity contribution in [2.45, 2.75) is 25.9 Å². The van der Waals surface area contributed by atoms with Crippen LogP contribution in [0.2, 0.25) is 0 Å². The van der Waals surface area contributed by atoms with Crippen LogP contribution >= 0.6 is 0 Å². The Kier molecular flexibility index (Phi) is 5.29. The molecule has 0 amide bonds. The summed E-state index contributed by atoms with van der Waals surface area (Å²) in [7, 11) is 0.